The molecule has 0 bridgehead atoms. The van der Waals surface area contributed by atoms with E-state index in [9.17, 15) is 8.78 Å². The predicted octanol–water partition coefficient (Wildman–Crippen LogP) is 4.82. The molecule has 0 radical (unpaired) electrons. The Kier molecular flexibility index (Phi) is 15.1. The van der Waals surface area contributed by atoms with Gasteiger partial charge in [0.15, 0.2) is 0 Å². The smallest absolute Gasteiger partial charge is 0.387 e. The highest BCUT2D eigenvalue weighted by Crippen LogP contribution is 2.11. The Bertz CT molecular complexity index is 244. The molecule has 5 heteroatoms. The third kappa shape index (κ3) is 13.5. The molecular weight excluding hydrogens is 266 g/mol. The van der Waals surface area contributed by atoms with Crippen molar-refractivity contribution in [1.29, 1.82) is 0 Å². The second-order valence-corrected chi connectivity index (χ2v) is 3.47. The van der Waals surface area contributed by atoms with E-state index in [-0.39, 0.29) is 19.2 Å². The summed E-state index contributed by atoms with van der Waals surface area (Å²) in [4.78, 5) is 0. The fourth-order valence-corrected chi connectivity index (χ4v) is 1.14. The van der Waals surface area contributed by atoms with Crippen molar-refractivity contribution in [3.63, 3.8) is 0 Å². The number of benzene rings is 1. The van der Waals surface area contributed by atoms with Gasteiger partial charge in [0.25, 0.3) is 0 Å². The van der Waals surface area contributed by atoms with E-state index < -0.39 is 6.61 Å². The zero-order valence-electron chi connectivity index (χ0n) is 9.83. The van der Waals surface area contributed by atoms with E-state index in [1.165, 1.54) is 31.4 Å². The fourth-order valence-electron chi connectivity index (χ4n) is 0.946. The van der Waals surface area contributed by atoms with Gasteiger partial charge in [-0.25, -0.2) is 0 Å². The SMILES string of the molecule is CCCCCCl.FC(F)Oc1ccccc1.S. The van der Waals surface area contributed by atoms with Gasteiger partial charge in [-0.3, -0.25) is 0 Å². The van der Waals surface area contributed by atoms with E-state index in [0.29, 0.717) is 0 Å². The highest BCUT2D eigenvalue weighted by atomic mass is 35.5. The topological polar surface area (TPSA) is 9.23 Å². The second kappa shape index (κ2) is 13.6. The zero-order chi connectivity index (χ0) is 12.2. The molecule has 0 heterocycles. The highest BCUT2D eigenvalue weighted by molar-refractivity contribution is 7.59. The Labute approximate surface area is 114 Å². The van der Waals surface area contributed by atoms with Crippen LogP contribution in [0, 0.1) is 0 Å². The minimum Gasteiger partial charge on any atom is -0.435 e. The maximum absolute atomic E-state index is 11.5. The molecule has 1 rings (SSSR count). The molecule has 100 valence electrons. The number of para-hydroxylation sites is 1. The van der Waals surface area contributed by atoms with Gasteiger partial charge in [0.1, 0.15) is 5.75 Å². The summed E-state index contributed by atoms with van der Waals surface area (Å²) in [5.41, 5.74) is 0. The van der Waals surface area contributed by atoms with Crippen LogP contribution in [0.3, 0.4) is 0 Å². The van der Waals surface area contributed by atoms with E-state index in [0.717, 1.165) is 5.88 Å². The van der Waals surface area contributed by atoms with Gasteiger partial charge in [-0.1, -0.05) is 38.0 Å². The fraction of sp³-hybridized carbons (Fsp3) is 0.500. The van der Waals surface area contributed by atoms with Crippen LogP contribution in [0.5, 0.6) is 5.75 Å². The molecule has 0 saturated heterocycles. The molecule has 0 aliphatic rings. The Morgan fingerprint density at radius 3 is 2.12 bits per heavy atom. The Morgan fingerprint density at radius 2 is 1.76 bits per heavy atom. The zero-order valence-corrected chi connectivity index (χ0v) is 11.6. The molecule has 1 aromatic rings. The van der Waals surface area contributed by atoms with E-state index in [1.54, 1.807) is 18.2 Å². The average molecular weight is 285 g/mol. The molecule has 0 fully saturated rings. The van der Waals surface area contributed by atoms with Gasteiger partial charge in [0.05, 0.1) is 0 Å². The van der Waals surface area contributed by atoms with E-state index >= 15 is 0 Å². The van der Waals surface area contributed by atoms with Crippen molar-refractivity contribution in [3.05, 3.63) is 30.3 Å². The molecule has 0 N–H and O–H groups in total. The minimum absolute atomic E-state index is 0. The van der Waals surface area contributed by atoms with Crippen molar-refractivity contribution in [2.75, 3.05) is 5.88 Å². The van der Waals surface area contributed by atoms with E-state index in [2.05, 4.69) is 11.7 Å². The molecule has 17 heavy (non-hydrogen) atoms. The number of alkyl halides is 3. The van der Waals surface area contributed by atoms with Gasteiger partial charge in [-0.15, -0.1) is 11.6 Å². The summed E-state index contributed by atoms with van der Waals surface area (Å²) in [6.07, 6.45) is 3.73. The molecule has 0 unspecified atom stereocenters. The van der Waals surface area contributed by atoms with Gasteiger partial charge in [-0.2, -0.15) is 22.3 Å². The first kappa shape index (κ1) is 18.9. The van der Waals surface area contributed by atoms with Crippen LogP contribution in [0.2, 0.25) is 0 Å². The lowest BCUT2D eigenvalue weighted by atomic mass is 10.3. The van der Waals surface area contributed by atoms with Crippen molar-refractivity contribution in [2.24, 2.45) is 0 Å². The lowest BCUT2D eigenvalue weighted by Gasteiger charge is -2.01. The van der Waals surface area contributed by atoms with E-state index in [1.807, 2.05) is 0 Å². The Hall–Kier alpha value is -0.480. The largest absolute Gasteiger partial charge is 0.435 e. The highest BCUT2D eigenvalue weighted by Gasteiger charge is 2.01. The molecule has 0 saturated carbocycles. The van der Waals surface area contributed by atoms with Crippen molar-refractivity contribution >= 4 is 25.1 Å². The molecule has 0 atom stereocenters. The van der Waals surface area contributed by atoms with Crippen molar-refractivity contribution in [1.82, 2.24) is 0 Å². The number of hydrogen-bond acceptors (Lipinski definition) is 1. The summed E-state index contributed by atoms with van der Waals surface area (Å²) in [7, 11) is 0. The first-order valence-corrected chi connectivity index (χ1v) is 5.80. The number of halogens is 3. The molecule has 0 spiro atoms. The number of ether oxygens (including phenoxy) is 1. The van der Waals surface area contributed by atoms with Gasteiger partial charge in [-0.05, 0) is 18.6 Å². The van der Waals surface area contributed by atoms with Crippen LogP contribution >= 0.6 is 25.1 Å². The number of hydrogen-bond donors (Lipinski definition) is 0. The van der Waals surface area contributed by atoms with Crippen molar-refractivity contribution in [2.45, 2.75) is 32.8 Å². The predicted molar refractivity (Wildman–Crippen MR) is 73.7 cm³/mol. The van der Waals surface area contributed by atoms with Crippen LogP contribution in [-0.4, -0.2) is 12.5 Å². The first-order chi connectivity index (χ1) is 7.70. The van der Waals surface area contributed by atoms with Crippen LogP contribution < -0.4 is 4.74 Å². The Morgan fingerprint density at radius 1 is 1.18 bits per heavy atom. The van der Waals surface area contributed by atoms with Crippen molar-refractivity contribution < 1.29 is 13.5 Å². The standard InChI is InChI=1S/C7H6F2O.C5H11Cl.H2S/c8-7(9)10-6-4-2-1-3-5-6;1-2-3-4-5-6;/h1-5,7H;2-5H2,1H3;1H2. The summed E-state index contributed by atoms with van der Waals surface area (Å²) in [6.45, 7) is -0.561. The lowest BCUT2D eigenvalue weighted by Crippen LogP contribution is -2.00. The summed E-state index contributed by atoms with van der Waals surface area (Å²) in [5, 5.41) is 0. The third-order valence-corrected chi connectivity index (χ3v) is 1.97. The molecule has 1 nitrogen and oxygen atoms in total. The number of unbranched alkanes of at least 4 members (excludes halogenated alkanes) is 2. The van der Waals surface area contributed by atoms with Gasteiger partial charge < -0.3 is 4.74 Å². The van der Waals surface area contributed by atoms with Crippen LogP contribution in [0.15, 0.2) is 30.3 Å². The number of rotatable bonds is 5. The molecule has 1 aromatic carbocycles. The normalized spacial score (nSPS) is 9.00. The summed E-state index contributed by atoms with van der Waals surface area (Å²) >= 11 is 5.38. The minimum atomic E-state index is -2.73. The quantitative estimate of drug-likeness (QED) is 0.556. The average Bonchev–Trinajstić information content (AvgIpc) is 2.28. The lowest BCUT2D eigenvalue weighted by molar-refractivity contribution is -0.0498. The van der Waals surface area contributed by atoms with Gasteiger partial charge >= 0.3 is 6.61 Å². The first-order valence-electron chi connectivity index (χ1n) is 5.26. The maximum Gasteiger partial charge on any atom is 0.387 e. The summed E-state index contributed by atoms with van der Waals surface area (Å²) < 4.78 is 27.1. The summed E-state index contributed by atoms with van der Waals surface area (Å²) in [6, 6.07) is 7.96. The monoisotopic (exact) mass is 284 g/mol. The van der Waals surface area contributed by atoms with Gasteiger partial charge in [0, 0.05) is 5.88 Å². The van der Waals surface area contributed by atoms with Gasteiger partial charge in [0.2, 0.25) is 0 Å². The second-order valence-electron chi connectivity index (χ2n) is 3.09. The maximum atomic E-state index is 11.5. The van der Waals surface area contributed by atoms with Crippen molar-refractivity contribution in [3.8, 4) is 5.75 Å². The molecule has 0 aliphatic heterocycles. The Balaban J connectivity index is 0. The van der Waals surface area contributed by atoms with Crippen LogP contribution in [-0.2, 0) is 0 Å². The molecular formula is C12H19ClF2OS. The van der Waals surface area contributed by atoms with Crippen LogP contribution in [0.4, 0.5) is 8.78 Å². The van der Waals surface area contributed by atoms with Crippen LogP contribution in [0.25, 0.3) is 0 Å². The molecule has 0 amide bonds. The molecule has 0 aliphatic carbocycles. The third-order valence-electron chi connectivity index (χ3n) is 1.71. The van der Waals surface area contributed by atoms with E-state index in [4.69, 9.17) is 11.6 Å². The van der Waals surface area contributed by atoms with Crippen LogP contribution in [0.1, 0.15) is 26.2 Å². The summed E-state index contributed by atoms with van der Waals surface area (Å²) in [5.74, 6) is 1.02. The molecule has 0 aromatic heterocycles.